The van der Waals surface area contributed by atoms with Gasteiger partial charge in [0.1, 0.15) is 0 Å². The number of amides is 1. The van der Waals surface area contributed by atoms with Crippen LogP contribution in [0.4, 0.5) is 10.5 Å². The molecule has 3 aromatic carbocycles. The van der Waals surface area contributed by atoms with Crippen molar-refractivity contribution in [3.05, 3.63) is 99.0 Å². The minimum Gasteiger partial charge on any atom is -0.401 e. The van der Waals surface area contributed by atoms with Gasteiger partial charge in [-0.25, -0.2) is 9.79 Å². The Labute approximate surface area is 182 Å². The van der Waals surface area contributed by atoms with Gasteiger partial charge in [0.2, 0.25) is 0 Å². The van der Waals surface area contributed by atoms with Gasteiger partial charge in [0.25, 0.3) is 5.85 Å². The van der Waals surface area contributed by atoms with Crippen molar-refractivity contribution >= 4 is 46.9 Å². The Hall–Kier alpha value is -3.19. The van der Waals surface area contributed by atoms with Crippen molar-refractivity contribution in [2.75, 3.05) is 5.32 Å². The van der Waals surface area contributed by atoms with Crippen LogP contribution < -0.4 is 21.6 Å². The molecule has 3 N–H and O–H groups in total. The predicted molar refractivity (Wildman–Crippen MR) is 118 cm³/mol. The summed E-state index contributed by atoms with van der Waals surface area (Å²) in [6, 6.07) is 21.2. The van der Waals surface area contributed by atoms with E-state index in [4.69, 9.17) is 33.7 Å². The first-order valence-corrected chi connectivity index (χ1v) is 9.73. The molecule has 1 unspecified atom stereocenters. The molecule has 4 rings (SSSR count). The molecule has 0 fully saturated rings. The normalized spacial score (nSPS) is 17.5. The molecule has 0 aromatic heterocycles. The molecule has 30 heavy (non-hydrogen) atoms. The third-order valence-corrected chi connectivity index (χ3v) is 4.86. The quantitative estimate of drug-likeness (QED) is 0.610. The van der Waals surface area contributed by atoms with Gasteiger partial charge in [0, 0.05) is 26.5 Å². The van der Waals surface area contributed by atoms with E-state index < -0.39 is 11.9 Å². The van der Waals surface area contributed by atoms with Crippen molar-refractivity contribution in [2.24, 2.45) is 15.7 Å². The molecule has 3 aromatic rings. The number of aliphatic imine (C=N–C) groups is 1. The van der Waals surface area contributed by atoms with Crippen molar-refractivity contribution in [3.8, 4) is 0 Å². The minimum atomic E-state index is -1.83. The van der Waals surface area contributed by atoms with Gasteiger partial charge in [-0.3, -0.25) is 16.0 Å². The smallest absolute Gasteiger partial charge is 0.401 e. The highest BCUT2D eigenvalue weighted by atomic mass is 35.5. The second-order valence-electron chi connectivity index (χ2n) is 6.49. The monoisotopic (exact) mass is 438 g/mol. The van der Waals surface area contributed by atoms with Crippen LogP contribution in [0.25, 0.3) is 5.70 Å². The molecule has 1 aliphatic rings. The number of hydrogen-bond acceptors (Lipinski definition) is 5. The molecule has 8 heteroatoms. The number of para-hydroxylation sites is 1. The first kappa shape index (κ1) is 20.1. The van der Waals surface area contributed by atoms with E-state index in [0.717, 1.165) is 0 Å². The zero-order valence-corrected chi connectivity index (χ0v) is 17.1. The van der Waals surface area contributed by atoms with E-state index in [0.29, 0.717) is 37.6 Å². The lowest BCUT2D eigenvalue weighted by atomic mass is 10.1. The summed E-state index contributed by atoms with van der Waals surface area (Å²) in [4.78, 5) is 21.3. The van der Waals surface area contributed by atoms with E-state index in [1.165, 1.54) is 6.21 Å². The summed E-state index contributed by atoms with van der Waals surface area (Å²) >= 11 is 12.6. The molecule has 0 spiro atoms. The topological polar surface area (TPSA) is 89.1 Å². The van der Waals surface area contributed by atoms with Crippen molar-refractivity contribution in [3.63, 3.8) is 0 Å². The van der Waals surface area contributed by atoms with Gasteiger partial charge in [0.05, 0.1) is 17.3 Å². The average Bonchev–Trinajstić information content (AvgIpc) is 2.85. The third kappa shape index (κ3) is 4.36. The Bertz CT molecular complexity index is 1260. The van der Waals surface area contributed by atoms with Gasteiger partial charge in [-0.2, -0.15) is 0 Å². The molecule has 0 aliphatic carbocycles. The number of nitrogens with one attached hydrogen (secondary N) is 1. The van der Waals surface area contributed by atoms with E-state index in [2.05, 4.69) is 15.3 Å². The largest absolute Gasteiger partial charge is 0.415 e. The average molecular weight is 439 g/mol. The number of ether oxygens (including phenoxy) is 1. The number of anilines is 1. The van der Waals surface area contributed by atoms with E-state index in [1.54, 1.807) is 48.5 Å². The highest BCUT2D eigenvalue weighted by Crippen LogP contribution is 2.23. The van der Waals surface area contributed by atoms with Crippen molar-refractivity contribution in [2.45, 2.75) is 5.85 Å². The number of nitrogens with two attached hydrogens (primary N) is 1. The molecule has 150 valence electrons. The summed E-state index contributed by atoms with van der Waals surface area (Å²) in [5.74, 6) is -1.83. The fourth-order valence-electron chi connectivity index (χ4n) is 2.97. The Morgan fingerprint density at radius 1 is 1.00 bits per heavy atom. The van der Waals surface area contributed by atoms with Crippen LogP contribution in [-0.2, 0) is 4.74 Å². The maximum absolute atomic E-state index is 12.4. The summed E-state index contributed by atoms with van der Waals surface area (Å²) in [6.07, 6.45) is 0.500. The summed E-state index contributed by atoms with van der Waals surface area (Å²) in [5, 5.41) is 4.68. The van der Waals surface area contributed by atoms with Crippen LogP contribution in [0.1, 0.15) is 5.56 Å². The molecule has 1 heterocycles. The third-order valence-electron chi connectivity index (χ3n) is 4.29. The van der Waals surface area contributed by atoms with Crippen LogP contribution >= 0.6 is 23.2 Å². The Balaban J connectivity index is 1.76. The number of hydrogen-bond donors (Lipinski definition) is 2. The molecular formula is C22H16Cl2N4O2. The SMILES string of the molecule is NC1(OC(=O)Nc2ccccc2)C=NC(c2ccccc2Cl)=c2cc(Cl)ccc2=N1. The molecule has 0 radical (unpaired) electrons. The number of nitrogens with zero attached hydrogens (tertiary/aromatic N) is 2. The van der Waals surface area contributed by atoms with Gasteiger partial charge in [-0.1, -0.05) is 59.6 Å². The second-order valence-corrected chi connectivity index (χ2v) is 7.34. The van der Waals surface area contributed by atoms with Gasteiger partial charge in [-0.05, 0) is 36.4 Å². The molecule has 0 saturated heterocycles. The van der Waals surface area contributed by atoms with Gasteiger partial charge in [0.15, 0.2) is 0 Å². The minimum absolute atomic E-state index is 0.460. The number of fused-ring (bicyclic) bond motifs is 1. The van der Waals surface area contributed by atoms with Gasteiger partial charge >= 0.3 is 6.09 Å². The molecule has 1 amide bonds. The lowest BCUT2D eigenvalue weighted by Gasteiger charge is -2.20. The fourth-order valence-corrected chi connectivity index (χ4v) is 3.37. The van der Waals surface area contributed by atoms with Crippen LogP contribution in [0, 0.1) is 0 Å². The zero-order valence-electron chi connectivity index (χ0n) is 15.5. The number of benzene rings is 3. The predicted octanol–water partition coefficient (Wildman–Crippen LogP) is 3.72. The number of halogens is 2. The Morgan fingerprint density at radius 2 is 1.73 bits per heavy atom. The van der Waals surface area contributed by atoms with Gasteiger partial charge < -0.3 is 4.74 Å². The lowest BCUT2D eigenvalue weighted by Crippen LogP contribution is -2.47. The maximum atomic E-state index is 12.4. The van der Waals surface area contributed by atoms with Crippen LogP contribution in [0.15, 0.2) is 82.8 Å². The van der Waals surface area contributed by atoms with Crippen molar-refractivity contribution in [1.29, 1.82) is 0 Å². The Kier molecular flexibility index (Phi) is 5.55. The Morgan fingerprint density at radius 3 is 2.50 bits per heavy atom. The summed E-state index contributed by atoms with van der Waals surface area (Å²) < 4.78 is 5.40. The van der Waals surface area contributed by atoms with E-state index in [-0.39, 0.29) is 0 Å². The summed E-state index contributed by atoms with van der Waals surface area (Å²) in [5.41, 5.74) is 8.02. The number of rotatable bonds is 3. The van der Waals surface area contributed by atoms with Crippen LogP contribution in [0.3, 0.4) is 0 Å². The van der Waals surface area contributed by atoms with Crippen LogP contribution in [-0.4, -0.2) is 18.2 Å². The molecular weight excluding hydrogens is 423 g/mol. The van der Waals surface area contributed by atoms with Crippen LogP contribution in [0.2, 0.25) is 10.0 Å². The lowest BCUT2D eigenvalue weighted by molar-refractivity contribution is 0.0833. The number of carbonyl (C=O) groups is 1. The van der Waals surface area contributed by atoms with Crippen molar-refractivity contribution in [1.82, 2.24) is 0 Å². The van der Waals surface area contributed by atoms with E-state index in [1.807, 2.05) is 24.3 Å². The fraction of sp³-hybridized carbons (Fsp3) is 0.0455. The standard InChI is InChI=1S/C22H16Cl2N4O2/c23-14-10-11-19-17(12-14)20(16-8-4-5-9-18(16)24)26-13-22(25,28-19)30-21(29)27-15-6-2-1-3-7-15/h1-13H,25H2,(H,27,29). The summed E-state index contributed by atoms with van der Waals surface area (Å²) in [6.45, 7) is 0. The molecule has 1 aliphatic heterocycles. The van der Waals surface area contributed by atoms with E-state index >= 15 is 0 Å². The molecule has 0 bridgehead atoms. The van der Waals surface area contributed by atoms with Gasteiger partial charge in [-0.15, -0.1) is 0 Å². The first-order chi connectivity index (χ1) is 14.4. The maximum Gasteiger partial charge on any atom is 0.415 e. The van der Waals surface area contributed by atoms with Crippen molar-refractivity contribution < 1.29 is 9.53 Å². The highest BCUT2D eigenvalue weighted by molar-refractivity contribution is 6.32. The zero-order chi connectivity index (χ0) is 21.1. The van der Waals surface area contributed by atoms with E-state index in [9.17, 15) is 4.79 Å². The highest BCUT2D eigenvalue weighted by Gasteiger charge is 2.29. The molecule has 0 saturated carbocycles. The number of carbonyl (C=O) groups excluding carboxylic acids is 1. The summed E-state index contributed by atoms with van der Waals surface area (Å²) in [7, 11) is 0. The second kappa shape index (κ2) is 8.28. The van der Waals surface area contributed by atoms with Crippen LogP contribution in [0.5, 0.6) is 0 Å². The molecule has 1 atom stereocenters. The molecule has 6 nitrogen and oxygen atoms in total. The first-order valence-electron chi connectivity index (χ1n) is 8.97.